The van der Waals surface area contributed by atoms with Crippen LogP contribution < -0.4 is 5.73 Å². The number of benzene rings is 1. The van der Waals surface area contributed by atoms with Gasteiger partial charge in [0, 0.05) is 12.7 Å². The van der Waals surface area contributed by atoms with Gasteiger partial charge in [0.2, 0.25) is 10.0 Å². The molecule has 0 saturated heterocycles. The van der Waals surface area contributed by atoms with Crippen LogP contribution in [0.2, 0.25) is 0 Å². The van der Waals surface area contributed by atoms with Crippen molar-refractivity contribution in [2.24, 2.45) is 0 Å². The van der Waals surface area contributed by atoms with E-state index in [9.17, 15) is 8.42 Å². The lowest BCUT2D eigenvalue weighted by Gasteiger charge is -2.15. The van der Waals surface area contributed by atoms with Crippen LogP contribution in [-0.2, 0) is 16.6 Å². The van der Waals surface area contributed by atoms with Gasteiger partial charge in [-0.15, -0.1) is 0 Å². The van der Waals surface area contributed by atoms with Crippen molar-refractivity contribution >= 4 is 15.7 Å². The van der Waals surface area contributed by atoms with Gasteiger partial charge in [0.1, 0.15) is 12.2 Å². The minimum Gasteiger partial charge on any atom is -0.399 e. The molecule has 0 bridgehead atoms. The van der Waals surface area contributed by atoms with Gasteiger partial charge in [0.15, 0.2) is 0 Å². The molecule has 0 aliphatic heterocycles. The molecule has 0 amide bonds. The maximum atomic E-state index is 12.2. The number of hydrogen-bond acceptors (Lipinski definition) is 5. The zero-order valence-electron chi connectivity index (χ0n) is 9.74. The highest BCUT2D eigenvalue weighted by atomic mass is 32.2. The number of hydrogen-bond donors (Lipinski definition) is 2. The first-order chi connectivity index (χ1) is 8.50. The Balaban J connectivity index is 2.25. The first kappa shape index (κ1) is 12.5. The summed E-state index contributed by atoms with van der Waals surface area (Å²) in [6, 6.07) is 6.16. The Labute approximate surface area is 105 Å². The zero-order chi connectivity index (χ0) is 13.2. The fraction of sp³-hybridized carbons (Fsp3) is 0.200. The smallest absolute Gasteiger partial charge is 0.243 e. The summed E-state index contributed by atoms with van der Waals surface area (Å²) >= 11 is 0. The number of rotatable bonds is 4. The second-order valence-electron chi connectivity index (χ2n) is 3.77. The second-order valence-corrected chi connectivity index (χ2v) is 5.81. The van der Waals surface area contributed by atoms with E-state index in [0.717, 1.165) is 0 Å². The number of nitrogens with two attached hydrogens (primary N) is 1. The summed E-state index contributed by atoms with van der Waals surface area (Å²) in [4.78, 5) is 4.04. The van der Waals surface area contributed by atoms with Crippen LogP contribution in [0.5, 0.6) is 0 Å². The van der Waals surface area contributed by atoms with Crippen LogP contribution in [0.4, 0.5) is 5.69 Å². The molecule has 0 atom stereocenters. The summed E-state index contributed by atoms with van der Waals surface area (Å²) in [7, 11) is -2.10. The summed E-state index contributed by atoms with van der Waals surface area (Å²) < 4.78 is 25.6. The number of anilines is 1. The molecule has 0 fully saturated rings. The summed E-state index contributed by atoms with van der Waals surface area (Å²) in [6.45, 7) is 0.122. The van der Waals surface area contributed by atoms with E-state index < -0.39 is 10.0 Å². The molecule has 8 heteroatoms. The van der Waals surface area contributed by atoms with Crippen LogP contribution in [-0.4, -0.2) is 35.0 Å². The fourth-order valence-corrected chi connectivity index (χ4v) is 2.65. The number of aromatic nitrogens is 3. The first-order valence-electron chi connectivity index (χ1n) is 5.16. The van der Waals surface area contributed by atoms with Crippen LogP contribution in [0.3, 0.4) is 0 Å². The molecule has 3 N–H and O–H groups in total. The molecular weight excluding hydrogens is 254 g/mol. The monoisotopic (exact) mass is 267 g/mol. The third kappa shape index (κ3) is 2.49. The van der Waals surface area contributed by atoms with Gasteiger partial charge in [0.05, 0.1) is 11.4 Å². The number of nitrogen functional groups attached to an aromatic ring is 1. The first-order valence-corrected chi connectivity index (χ1v) is 6.60. The van der Waals surface area contributed by atoms with E-state index in [1.807, 2.05) is 0 Å². The Morgan fingerprint density at radius 2 is 2.22 bits per heavy atom. The van der Waals surface area contributed by atoms with E-state index in [0.29, 0.717) is 11.5 Å². The molecule has 18 heavy (non-hydrogen) atoms. The van der Waals surface area contributed by atoms with Crippen molar-refractivity contribution in [3.63, 3.8) is 0 Å². The molecule has 96 valence electrons. The molecule has 2 rings (SSSR count). The normalized spacial score (nSPS) is 11.9. The lowest BCUT2D eigenvalue weighted by Crippen LogP contribution is -2.27. The minimum absolute atomic E-state index is 0.122. The van der Waals surface area contributed by atoms with Gasteiger partial charge in [-0.05, 0) is 18.2 Å². The highest BCUT2D eigenvalue weighted by Crippen LogP contribution is 2.17. The van der Waals surface area contributed by atoms with Crippen LogP contribution in [0.1, 0.15) is 5.82 Å². The van der Waals surface area contributed by atoms with Gasteiger partial charge in [-0.25, -0.2) is 13.4 Å². The van der Waals surface area contributed by atoms with Gasteiger partial charge in [-0.3, -0.25) is 5.10 Å². The van der Waals surface area contributed by atoms with Gasteiger partial charge in [0.25, 0.3) is 0 Å². The Kier molecular flexibility index (Phi) is 3.30. The molecule has 0 saturated carbocycles. The molecule has 1 heterocycles. The molecule has 1 aromatic carbocycles. The van der Waals surface area contributed by atoms with Crippen molar-refractivity contribution in [1.29, 1.82) is 0 Å². The molecule has 1 aromatic heterocycles. The molecule has 0 radical (unpaired) electrons. The molecule has 0 aliphatic rings. The van der Waals surface area contributed by atoms with Gasteiger partial charge < -0.3 is 5.73 Å². The topological polar surface area (TPSA) is 105 Å². The highest BCUT2D eigenvalue weighted by molar-refractivity contribution is 7.89. The third-order valence-corrected chi connectivity index (χ3v) is 4.20. The standard InChI is InChI=1S/C10H13N5O2S/c1-15(6-10-12-7-13-14-10)18(16,17)9-4-2-3-8(11)5-9/h2-5,7H,6,11H2,1H3,(H,12,13,14). The molecule has 0 unspecified atom stereocenters. The van der Waals surface area contributed by atoms with E-state index in [4.69, 9.17) is 5.73 Å². The average Bonchev–Trinajstić information content (AvgIpc) is 2.81. The van der Waals surface area contributed by atoms with Crippen molar-refractivity contribution in [1.82, 2.24) is 19.5 Å². The van der Waals surface area contributed by atoms with Crippen molar-refractivity contribution in [3.8, 4) is 0 Å². The van der Waals surface area contributed by atoms with Crippen LogP contribution in [0.25, 0.3) is 0 Å². The Hall–Kier alpha value is -1.93. The third-order valence-electron chi connectivity index (χ3n) is 2.40. The van der Waals surface area contributed by atoms with Crippen molar-refractivity contribution in [2.75, 3.05) is 12.8 Å². The van der Waals surface area contributed by atoms with E-state index in [2.05, 4.69) is 15.2 Å². The Morgan fingerprint density at radius 1 is 1.44 bits per heavy atom. The second kappa shape index (κ2) is 4.75. The summed E-state index contributed by atoms with van der Waals surface area (Å²) in [5.41, 5.74) is 5.99. The summed E-state index contributed by atoms with van der Waals surface area (Å²) in [5, 5.41) is 6.28. The number of nitrogens with one attached hydrogen (secondary N) is 1. The molecule has 7 nitrogen and oxygen atoms in total. The molecule has 0 aliphatic carbocycles. The number of sulfonamides is 1. The SMILES string of the molecule is CN(Cc1ncn[nH]1)S(=O)(=O)c1cccc(N)c1. The van der Waals surface area contributed by atoms with Gasteiger partial charge >= 0.3 is 0 Å². The number of nitrogens with zero attached hydrogens (tertiary/aromatic N) is 3. The summed E-state index contributed by atoms with van der Waals surface area (Å²) in [5.74, 6) is 0.477. The lowest BCUT2D eigenvalue weighted by molar-refractivity contribution is 0.457. The number of aromatic amines is 1. The van der Waals surface area contributed by atoms with Crippen LogP contribution in [0.15, 0.2) is 35.5 Å². The van der Waals surface area contributed by atoms with Crippen molar-refractivity contribution in [2.45, 2.75) is 11.4 Å². The van der Waals surface area contributed by atoms with E-state index in [1.54, 1.807) is 12.1 Å². The Morgan fingerprint density at radius 3 is 2.83 bits per heavy atom. The lowest BCUT2D eigenvalue weighted by atomic mass is 10.3. The van der Waals surface area contributed by atoms with Crippen LogP contribution >= 0.6 is 0 Å². The fourth-order valence-electron chi connectivity index (χ4n) is 1.46. The molecular formula is C10H13N5O2S. The zero-order valence-corrected chi connectivity index (χ0v) is 10.6. The van der Waals surface area contributed by atoms with Gasteiger partial charge in [-0.1, -0.05) is 6.07 Å². The van der Waals surface area contributed by atoms with Crippen molar-refractivity contribution < 1.29 is 8.42 Å². The van der Waals surface area contributed by atoms with E-state index in [1.165, 1.54) is 29.8 Å². The predicted molar refractivity (Wildman–Crippen MR) is 65.9 cm³/mol. The number of H-pyrrole nitrogens is 1. The van der Waals surface area contributed by atoms with Crippen molar-refractivity contribution in [3.05, 3.63) is 36.4 Å². The maximum Gasteiger partial charge on any atom is 0.243 e. The van der Waals surface area contributed by atoms with E-state index in [-0.39, 0.29) is 11.4 Å². The largest absolute Gasteiger partial charge is 0.399 e. The molecule has 0 spiro atoms. The maximum absolute atomic E-state index is 12.2. The highest BCUT2D eigenvalue weighted by Gasteiger charge is 2.21. The van der Waals surface area contributed by atoms with Crippen LogP contribution in [0, 0.1) is 0 Å². The van der Waals surface area contributed by atoms with E-state index >= 15 is 0 Å². The molecule has 2 aromatic rings. The quantitative estimate of drug-likeness (QED) is 0.770. The summed E-state index contributed by atoms with van der Waals surface area (Å²) in [6.07, 6.45) is 1.33. The minimum atomic E-state index is -3.57. The average molecular weight is 267 g/mol. The Bertz CT molecular complexity index is 623. The predicted octanol–water partition coefficient (Wildman–Crippen LogP) is 0.208. The van der Waals surface area contributed by atoms with Gasteiger partial charge in [-0.2, -0.15) is 9.40 Å².